The lowest BCUT2D eigenvalue weighted by Gasteiger charge is -2.37. The number of anilines is 1. The van der Waals surface area contributed by atoms with Gasteiger partial charge in [-0.15, -0.1) is 0 Å². The van der Waals surface area contributed by atoms with Gasteiger partial charge in [-0.3, -0.25) is 15.0 Å². The monoisotopic (exact) mass is 399 g/mol. The van der Waals surface area contributed by atoms with E-state index >= 15 is 0 Å². The molecule has 3 rings (SSSR count). The van der Waals surface area contributed by atoms with Crippen molar-refractivity contribution in [2.75, 3.05) is 51.4 Å². The lowest BCUT2D eigenvalue weighted by Crippen LogP contribution is -2.50. The van der Waals surface area contributed by atoms with Gasteiger partial charge in [-0.25, -0.2) is 0 Å². The highest BCUT2D eigenvalue weighted by Crippen LogP contribution is 2.29. The van der Waals surface area contributed by atoms with Crippen molar-refractivity contribution in [1.29, 1.82) is 0 Å². The van der Waals surface area contributed by atoms with E-state index in [-0.39, 0.29) is 10.6 Å². The zero-order chi connectivity index (χ0) is 16.9. The van der Waals surface area contributed by atoms with Gasteiger partial charge in [0.25, 0.3) is 5.69 Å². The first-order chi connectivity index (χ1) is 11.6. The highest BCUT2D eigenvalue weighted by atomic mass is 79.9. The molecular weight excluding hydrogens is 378 g/mol. The quantitative estimate of drug-likeness (QED) is 0.584. The van der Waals surface area contributed by atoms with Crippen molar-refractivity contribution in [1.82, 2.24) is 4.90 Å². The molecule has 2 saturated heterocycles. The number of hydrogen-bond donors (Lipinski definition) is 1. The van der Waals surface area contributed by atoms with Crippen molar-refractivity contribution < 1.29 is 14.4 Å². The molecule has 0 saturated carbocycles. The Bertz CT molecular complexity index is 574. The van der Waals surface area contributed by atoms with Gasteiger partial charge in [-0.1, -0.05) is 15.9 Å². The summed E-state index contributed by atoms with van der Waals surface area (Å²) in [5, 5.41) is 14.6. The molecule has 0 radical (unpaired) electrons. The van der Waals surface area contributed by atoms with Crippen LogP contribution in [0.5, 0.6) is 0 Å². The molecule has 0 aromatic heterocycles. The predicted octanol–water partition coefficient (Wildman–Crippen LogP) is 2.51. The Labute approximate surface area is 149 Å². The van der Waals surface area contributed by atoms with E-state index in [0.717, 1.165) is 45.9 Å². The van der Waals surface area contributed by atoms with Crippen molar-refractivity contribution in [2.45, 2.75) is 12.5 Å². The van der Waals surface area contributed by atoms with E-state index in [4.69, 9.17) is 9.47 Å². The van der Waals surface area contributed by atoms with Gasteiger partial charge in [0.05, 0.1) is 24.7 Å². The van der Waals surface area contributed by atoms with Gasteiger partial charge in [0.1, 0.15) is 5.69 Å². The maximum Gasteiger partial charge on any atom is 0.293 e. The first-order valence-electron chi connectivity index (χ1n) is 8.22. The van der Waals surface area contributed by atoms with E-state index in [9.17, 15) is 10.1 Å². The normalized spacial score (nSPS) is 23.1. The molecule has 1 N–H and O–H groups in total. The lowest BCUT2D eigenvalue weighted by molar-refractivity contribution is -0.384. The Hall–Kier alpha value is -1.22. The molecule has 2 fully saturated rings. The molecule has 2 aliphatic heterocycles. The molecule has 2 atom stereocenters. The average molecular weight is 400 g/mol. The van der Waals surface area contributed by atoms with Crippen LogP contribution >= 0.6 is 15.9 Å². The summed E-state index contributed by atoms with van der Waals surface area (Å²) in [4.78, 5) is 13.3. The summed E-state index contributed by atoms with van der Waals surface area (Å²) in [5.41, 5.74) is 0.646. The molecule has 0 amide bonds. The van der Waals surface area contributed by atoms with Crippen molar-refractivity contribution in [3.8, 4) is 0 Å². The van der Waals surface area contributed by atoms with Crippen LogP contribution in [0.2, 0.25) is 0 Å². The minimum absolute atomic E-state index is 0.0905. The highest BCUT2D eigenvalue weighted by Gasteiger charge is 2.31. The van der Waals surface area contributed by atoms with Gasteiger partial charge < -0.3 is 14.8 Å². The van der Waals surface area contributed by atoms with Crippen molar-refractivity contribution in [3.05, 3.63) is 32.8 Å². The van der Waals surface area contributed by atoms with Crippen LogP contribution in [0.1, 0.15) is 6.42 Å². The average Bonchev–Trinajstić information content (AvgIpc) is 3.11. The van der Waals surface area contributed by atoms with Crippen LogP contribution in [0.25, 0.3) is 0 Å². The third-order valence-electron chi connectivity index (χ3n) is 4.68. The molecule has 24 heavy (non-hydrogen) atoms. The number of nitrogens with zero attached hydrogens (tertiary/aromatic N) is 2. The zero-order valence-electron chi connectivity index (χ0n) is 13.4. The van der Waals surface area contributed by atoms with Crippen LogP contribution in [0.3, 0.4) is 0 Å². The molecule has 2 heterocycles. The lowest BCUT2D eigenvalue weighted by atomic mass is 9.96. The first-order valence-corrected chi connectivity index (χ1v) is 9.02. The van der Waals surface area contributed by atoms with Crippen LogP contribution in [0.4, 0.5) is 11.4 Å². The molecule has 8 heteroatoms. The second-order valence-corrected chi connectivity index (χ2v) is 7.05. The molecule has 132 valence electrons. The number of morpholine rings is 1. The van der Waals surface area contributed by atoms with Gasteiger partial charge in [0, 0.05) is 48.7 Å². The Balaban J connectivity index is 1.72. The van der Waals surface area contributed by atoms with E-state index < -0.39 is 0 Å². The summed E-state index contributed by atoms with van der Waals surface area (Å²) in [6.45, 7) is 5.48. The maximum absolute atomic E-state index is 11.3. The third kappa shape index (κ3) is 4.24. The Morgan fingerprint density at radius 1 is 1.33 bits per heavy atom. The second kappa shape index (κ2) is 8.24. The minimum atomic E-state index is -0.352. The zero-order valence-corrected chi connectivity index (χ0v) is 15.0. The molecule has 2 aliphatic rings. The van der Waals surface area contributed by atoms with Crippen LogP contribution in [-0.4, -0.2) is 61.9 Å². The number of nitrogens with one attached hydrogen (secondary N) is 1. The topological polar surface area (TPSA) is 76.9 Å². The molecule has 2 unspecified atom stereocenters. The summed E-state index contributed by atoms with van der Waals surface area (Å²) in [5.74, 6) is 0.449. The fourth-order valence-corrected chi connectivity index (χ4v) is 3.73. The number of nitro benzene ring substituents is 1. The predicted molar refractivity (Wildman–Crippen MR) is 94.4 cm³/mol. The number of benzene rings is 1. The van der Waals surface area contributed by atoms with E-state index in [1.54, 1.807) is 6.07 Å². The van der Waals surface area contributed by atoms with Gasteiger partial charge >= 0.3 is 0 Å². The van der Waals surface area contributed by atoms with Gasteiger partial charge in [-0.05, 0) is 18.6 Å². The maximum atomic E-state index is 11.3. The number of nitro groups is 1. The van der Waals surface area contributed by atoms with Crippen molar-refractivity contribution >= 4 is 27.3 Å². The Kier molecular flexibility index (Phi) is 6.04. The number of ether oxygens (including phenoxy) is 2. The van der Waals surface area contributed by atoms with Crippen molar-refractivity contribution in [3.63, 3.8) is 0 Å². The fraction of sp³-hybridized carbons (Fsp3) is 0.625. The summed E-state index contributed by atoms with van der Waals surface area (Å²) in [6, 6.07) is 5.39. The van der Waals surface area contributed by atoms with Crippen molar-refractivity contribution in [2.24, 2.45) is 5.92 Å². The van der Waals surface area contributed by atoms with Gasteiger partial charge in [0.2, 0.25) is 0 Å². The number of halogens is 1. The van der Waals surface area contributed by atoms with Crippen LogP contribution in [0.15, 0.2) is 22.7 Å². The summed E-state index contributed by atoms with van der Waals surface area (Å²) < 4.78 is 11.7. The smallest absolute Gasteiger partial charge is 0.293 e. The van der Waals surface area contributed by atoms with Gasteiger partial charge in [0.15, 0.2) is 0 Å². The molecule has 0 aliphatic carbocycles. The van der Waals surface area contributed by atoms with Crippen LogP contribution in [-0.2, 0) is 9.47 Å². The number of hydrogen-bond acceptors (Lipinski definition) is 6. The molecule has 1 aromatic carbocycles. The van der Waals surface area contributed by atoms with E-state index in [1.807, 2.05) is 6.07 Å². The highest BCUT2D eigenvalue weighted by molar-refractivity contribution is 9.10. The summed E-state index contributed by atoms with van der Waals surface area (Å²) >= 11 is 3.29. The molecule has 7 nitrogen and oxygen atoms in total. The fourth-order valence-electron chi connectivity index (χ4n) is 3.38. The SMILES string of the molecule is O=[N+]([O-])c1cc(Br)ccc1NCC(C1CCOC1)N1CCOCC1. The van der Waals surface area contributed by atoms with Crippen LogP contribution in [0, 0.1) is 16.0 Å². The Morgan fingerprint density at radius 3 is 2.79 bits per heavy atom. The summed E-state index contributed by atoms with van der Waals surface area (Å²) in [6.07, 6.45) is 1.03. The van der Waals surface area contributed by atoms with Crippen LogP contribution < -0.4 is 5.32 Å². The van der Waals surface area contributed by atoms with E-state index in [2.05, 4.69) is 26.1 Å². The summed E-state index contributed by atoms with van der Waals surface area (Å²) in [7, 11) is 0. The minimum Gasteiger partial charge on any atom is -0.381 e. The third-order valence-corrected chi connectivity index (χ3v) is 5.18. The molecule has 0 bridgehead atoms. The second-order valence-electron chi connectivity index (χ2n) is 6.14. The molecule has 0 spiro atoms. The standard InChI is InChI=1S/C16H22BrN3O4/c17-13-1-2-14(15(9-13)20(21)22)18-10-16(12-3-6-24-11-12)19-4-7-23-8-5-19/h1-2,9,12,16,18H,3-8,10-11H2. The number of rotatable bonds is 6. The molecular formula is C16H22BrN3O4. The van der Waals surface area contributed by atoms with Gasteiger partial charge in [-0.2, -0.15) is 0 Å². The van der Waals surface area contributed by atoms with E-state index in [1.165, 1.54) is 6.07 Å². The molecule has 1 aromatic rings. The first kappa shape index (κ1) is 17.6. The Morgan fingerprint density at radius 2 is 2.12 bits per heavy atom. The van der Waals surface area contributed by atoms with E-state index in [0.29, 0.717) is 28.7 Å². The largest absolute Gasteiger partial charge is 0.381 e.